The number of hydrogen-bond acceptors (Lipinski definition) is 5. The van der Waals surface area contributed by atoms with Gasteiger partial charge < -0.3 is 5.32 Å². The van der Waals surface area contributed by atoms with E-state index < -0.39 is 15.9 Å². The van der Waals surface area contributed by atoms with E-state index in [0.29, 0.717) is 11.3 Å². The Bertz CT molecular complexity index is 960. The summed E-state index contributed by atoms with van der Waals surface area (Å²) < 4.78 is 26.4. The number of anilines is 1. The van der Waals surface area contributed by atoms with Crippen molar-refractivity contribution in [1.82, 2.24) is 10.0 Å². The molecule has 3 N–H and O–H groups in total. The zero-order valence-electron chi connectivity index (χ0n) is 13.4. The van der Waals surface area contributed by atoms with Gasteiger partial charge in [0.25, 0.3) is 15.9 Å². The number of carbonyl (C=O) groups excluding carboxylic acids is 2. The summed E-state index contributed by atoms with van der Waals surface area (Å²) in [5.41, 5.74) is 0.980. The number of nitrogens with one attached hydrogen (secondary N) is 3. The van der Waals surface area contributed by atoms with Crippen molar-refractivity contribution in [3.8, 4) is 0 Å². The van der Waals surface area contributed by atoms with Crippen LogP contribution in [0.2, 0.25) is 0 Å². The highest BCUT2D eigenvalue weighted by Crippen LogP contribution is 2.14. The minimum atomic E-state index is -3.90. The number of carbonyl (C=O) groups is 2. The van der Waals surface area contributed by atoms with Crippen LogP contribution in [0.5, 0.6) is 0 Å². The molecule has 0 radical (unpaired) electrons. The van der Waals surface area contributed by atoms with Gasteiger partial charge in [0.2, 0.25) is 5.91 Å². The normalized spacial score (nSPS) is 10.7. The van der Waals surface area contributed by atoms with Crippen molar-refractivity contribution in [2.45, 2.75) is 11.8 Å². The quantitative estimate of drug-likeness (QED) is 0.437. The summed E-state index contributed by atoms with van der Waals surface area (Å²) in [4.78, 5) is 23.1. The summed E-state index contributed by atoms with van der Waals surface area (Å²) in [6.07, 6.45) is 0. The minimum Gasteiger partial charge on any atom is -0.332 e. The summed E-state index contributed by atoms with van der Waals surface area (Å²) in [6, 6.07) is 12.6. The van der Waals surface area contributed by atoms with Crippen LogP contribution < -0.4 is 15.4 Å². The Hall–Kier alpha value is -2.05. The molecule has 0 bridgehead atoms. The molecule has 2 amide bonds. The van der Waals surface area contributed by atoms with Crippen LogP contribution in [0.1, 0.15) is 17.3 Å². The SMILES string of the molecule is CC(=O)NS(=O)(=O)c1ccc(NC(=S)NC(=O)c2ccccc2I)cc1. The lowest BCUT2D eigenvalue weighted by Gasteiger charge is -2.11. The summed E-state index contributed by atoms with van der Waals surface area (Å²) in [6.45, 7) is 1.11. The fourth-order valence-corrected chi connectivity index (χ4v) is 3.78. The smallest absolute Gasteiger partial charge is 0.264 e. The second-order valence-electron chi connectivity index (χ2n) is 5.07. The van der Waals surface area contributed by atoms with Crippen molar-refractivity contribution >= 4 is 67.4 Å². The average molecular weight is 503 g/mol. The lowest BCUT2D eigenvalue weighted by molar-refractivity contribution is -0.117. The Morgan fingerprint density at radius 2 is 1.65 bits per heavy atom. The van der Waals surface area contributed by atoms with E-state index in [4.69, 9.17) is 12.2 Å². The number of benzene rings is 2. The van der Waals surface area contributed by atoms with Crippen molar-refractivity contribution in [3.63, 3.8) is 0 Å². The van der Waals surface area contributed by atoms with Crippen molar-refractivity contribution in [1.29, 1.82) is 0 Å². The van der Waals surface area contributed by atoms with Crippen molar-refractivity contribution in [2.24, 2.45) is 0 Å². The largest absolute Gasteiger partial charge is 0.332 e. The van der Waals surface area contributed by atoms with Crippen LogP contribution in [0.4, 0.5) is 5.69 Å². The van der Waals surface area contributed by atoms with Crippen molar-refractivity contribution in [3.05, 3.63) is 57.7 Å². The van der Waals surface area contributed by atoms with E-state index in [1.54, 1.807) is 18.2 Å². The molecular weight excluding hydrogens is 489 g/mol. The number of halogens is 1. The Balaban J connectivity index is 2.03. The van der Waals surface area contributed by atoms with Gasteiger partial charge in [0.1, 0.15) is 0 Å². The number of rotatable bonds is 4. The maximum atomic E-state index is 12.2. The molecule has 0 unspecified atom stereocenters. The predicted octanol–water partition coefficient (Wildman–Crippen LogP) is 2.24. The Labute approximate surface area is 169 Å². The molecule has 10 heteroatoms. The summed E-state index contributed by atoms with van der Waals surface area (Å²) >= 11 is 7.15. The van der Waals surface area contributed by atoms with E-state index in [0.717, 1.165) is 10.5 Å². The predicted molar refractivity (Wildman–Crippen MR) is 110 cm³/mol. The van der Waals surface area contributed by atoms with E-state index in [1.165, 1.54) is 24.3 Å². The second-order valence-corrected chi connectivity index (χ2v) is 8.33. The zero-order valence-corrected chi connectivity index (χ0v) is 17.2. The van der Waals surface area contributed by atoms with Crippen LogP contribution in [-0.4, -0.2) is 25.3 Å². The van der Waals surface area contributed by atoms with Gasteiger partial charge in [-0.2, -0.15) is 0 Å². The van der Waals surface area contributed by atoms with Gasteiger partial charge in [-0.3, -0.25) is 14.9 Å². The maximum absolute atomic E-state index is 12.2. The highest BCUT2D eigenvalue weighted by molar-refractivity contribution is 14.1. The first-order valence-electron chi connectivity index (χ1n) is 7.19. The van der Waals surface area contributed by atoms with Gasteiger partial charge in [-0.25, -0.2) is 13.1 Å². The van der Waals surface area contributed by atoms with Gasteiger partial charge >= 0.3 is 0 Å². The summed E-state index contributed by atoms with van der Waals surface area (Å²) in [7, 11) is -3.90. The molecule has 2 aromatic rings. The number of amides is 2. The molecule has 0 aromatic heterocycles. The molecule has 0 fully saturated rings. The molecule has 0 saturated heterocycles. The maximum Gasteiger partial charge on any atom is 0.264 e. The van der Waals surface area contributed by atoms with E-state index in [2.05, 4.69) is 33.2 Å². The van der Waals surface area contributed by atoms with Gasteiger partial charge in [-0.1, -0.05) is 12.1 Å². The summed E-state index contributed by atoms with van der Waals surface area (Å²) in [5.74, 6) is -1.02. The van der Waals surface area contributed by atoms with E-state index in [9.17, 15) is 18.0 Å². The molecule has 7 nitrogen and oxygen atoms in total. The molecule has 0 aliphatic heterocycles. The standard InChI is InChI=1S/C16H14IN3O4S2/c1-10(21)20-26(23,24)12-8-6-11(7-9-12)18-16(25)19-15(22)13-4-2-3-5-14(13)17/h2-9H,1H3,(H,20,21)(H2,18,19,22,25). The number of thiocarbonyl (C=S) groups is 1. The highest BCUT2D eigenvalue weighted by atomic mass is 127. The van der Waals surface area contributed by atoms with Crippen molar-refractivity contribution in [2.75, 3.05) is 5.32 Å². The molecule has 0 saturated carbocycles. The second kappa shape index (κ2) is 8.56. The first-order valence-corrected chi connectivity index (χ1v) is 10.2. The monoisotopic (exact) mass is 503 g/mol. The van der Waals surface area contributed by atoms with Crippen LogP contribution >= 0.6 is 34.8 Å². The first-order chi connectivity index (χ1) is 12.2. The van der Waals surface area contributed by atoms with Crippen LogP contribution in [0.3, 0.4) is 0 Å². The molecule has 0 spiro atoms. The fraction of sp³-hybridized carbons (Fsp3) is 0.0625. The minimum absolute atomic E-state index is 0.0629. The third-order valence-corrected chi connectivity index (χ3v) is 5.64. The van der Waals surface area contributed by atoms with Gasteiger partial charge in [0, 0.05) is 16.2 Å². The zero-order chi connectivity index (χ0) is 19.3. The highest BCUT2D eigenvalue weighted by Gasteiger charge is 2.15. The van der Waals surface area contributed by atoms with Gasteiger partial charge in [0.15, 0.2) is 5.11 Å². The molecule has 0 aliphatic rings. The van der Waals surface area contributed by atoms with Crippen LogP contribution in [0.15, 0.2) is 53.4 Å². The third kappa shape index (κ3) is 5.47. The molecule has 26 heavy (non-hydrogen) atoms. The average Bonchev–Trinajstić information content (AvgIpc) is 2.54. The third-order valence-electron chi connectivity index (χ3n) is 3.05. The lowest BCUT2D eigenvalue weighted by atomic mass is 10.2. The molecule has 136 valence electrons. The molecule has 0 heterocycles. The van der Waals surface area contributed by atoms with Crippen LogP contribution in [0, 0.1) is 3.57 Å². The number of sulfonamides is 1. The molecule has 2 rings (SSSR count). The van der Waals surface area contributed by atoms with Gasteiger partial charge in [0.05, 0.1) is 10.5 Å². The summed E-state index contributed by atoms with van der Waals surface area (Å²) in [5, 5.41) is 5.43. The Kier molecular flexibility index (Phi) is 6.67. The molecule has 0 aliphatic carbocycles. The van der Waals surface area contributed by atoms with E-state index in [-0.39, 0.29) is 15.9 Å². The van der Waals surface area contributed by atoms with Crippen LogP contribution in [0.25, 0.3) is 0 Å². The molecular formula is C16H14IN3O4S2. The lowest BCUT2D eigenvalue weighted by Crippen LogP contribution is -2.34. The molecule has 2 aromatic carbocycles. The van der Waals surface area contributed by atoms with E-state index in [1.807, 2.05) is 10.8 Å². The number of hydrogen-bond donors (Lipinski definition) is 3. The first kappa shape index (κ1) is 20.3. The van der Waals surface area contributed by atoms with Gasteiger partial charge in [-0.05, 0) is 71.2 Å². The van der Waals surface area contributed by atoms with Gasteiger partial charge in [-0.15, -0.1) is 0 Å². The van der Waals surface area contributed by atoms with Crippen LogP contribution in [-0.2, 0) is 14.8 Å². The fourth-order valence-electron chi connectivity index (χ4n) is 1.94. The molecule has 0 atom stereocenters. The topological polar surface area (TPSA) is 104 Å². The Morgan fingerprint density at radius 3 is 2.23 bits per heavy atom. The van der Waals surface area contributed by atoms with E-state index >= 15 is 0 Å². The Morgan fingerprint density at radius 1 is 1.04 bits per heavy atom. The van der Waals surface area contributed by atoms with Crippen molar-refractivity contribution < 1.29 is 18.0 Å².